The molecule has 0 unspecified atom stereocenters. The average Bonchev–Trinajstić information content (AvgIpc) is 3.60. The van der Waals surface area contributed by atoms with Crippen molar-refractivity contribution in [2.45, 2.75) is 74.2 Å². The fourth-order valence-corrected chi connectivity index (χ4v) is 6.17. The highest BCUT2D eigenvalue weighted by atomic mass is 32.2. The number of aryl methyl sites for hydroxylation is 2. The maximum Gasteiger partial charge on any atom is 0.259 e. The van der Waals surface area contributed by atoms with E-state index in [1.54, 1.807) is 29.2 Å². The fourth-order valence-electron chi connectivity index (χ4n) is 4.04. The Bertz CT molecular complexity index is 1090. The normalized spacial score (nSPS) is 19.6. The first-order valence-corrected chi connectivity index (χ1v) is 11.7. The van der Waals surface area contributed by atoms with E-state index in [4.69, 9.17) is 4.98 Å². The van der Waals surface area contributed by atoms with Crippen molar-refractivity contribution in [2.24, 2.45) is 0 Å². The van der Waals surface area contributed by atoms with Gasteiger partial charge in [0, 0.05) is 34.4 Å². The summed E-state index contributed by atoms with van der Waals surface area (Å²) >= 11 is 3.36. The van der Waals surface area contributed by atoms with Crippen molar-refractivity contribution in [2.75, 3.05) is 0 Å². The lowest BCUT2D eigenvalue weighted by atomic mass is 10.0. The lowest BCUT2D eigenvalue weighted by molar-refractivity contribution is 0.627. The van der Waals surface area contributed by atoms with Crippen LogP contribution in [-0.2, 0) is 18.6 Å². The second-order valence-corrected chi connectivity index (χ2v) is 9.89. The van der Waals surface area contributed by atoms with E-state index in [9.17, 15) is 4.79 Å². The van der Waals surface area contributed by atoms with Gasteiger partial charge in [-0.15, -0.1) is 21.5 Å². The van der Waals surface area contributed by atoms with Gasteiger partial charge in [0.15, 0.2) is 10.1 Å². The molecule has 3 heterocycles. The Morgan fingerprint density at radius 1 is 1.15 bits per heavy atom. The zero-order valence-electron chi connectivity index (χ0n) is 15.1. The van der Waals surface area contributed by atoms with Crippen molar-refractivity contribution in [3.8, 4) is 0 Å². The van der Waals surface area contributed by atoms with Crippen molar-refractivity contribution in [1.82, 2.24) is 24.1 Å². The predicted molar refractivity (Wildman–Crippen MR) is 106 cm³/mol. The van der Waals surface area contributed by atoms with Crippen LogP contribution in [0.5, 0.6) is 0 Å². The quantitative estimate of drug-likeness (QED) is 0.612. The third-order valence-electron chi connectivity index (χ3n) is 5.71. The molecule has 8 heteroatoms. The molecule has 0 N–H and O–H groups in total. The highest BCUT2D eigenvalue weighted by molar-refractivity contribution is 7.98. The molecule has 3 aliphatic rings. The van der Waals surface area contributed by atoms with Crippen molar-refractivity contribution < 1.29 is 0 Å². The Morgan fingerprint density at radius 2 is 2.00 bits per heavy atom. The third kappa shape index (κ3) is 2.84. The van der Waals surface area contributed by atoms with Crippen molar-refractivity contribution in [3.63, 3.8) is 0 Å². The van der Waals surface area contributed by atoms with E-state index in [0.717, 1.165) is 28.7 Å². The van der Waals surface area contributed by atoms with Crippen LogP contribution in [0.4, 0.5) is 0 Å². The molecular formula is C19H21N5OS2. The zero-order valence-corrected chi connectivity index (χ0v) is 16.7. The van der Waals surface area contributed by atoms with E-state index >= 15 is 0 Å². The summed E-state index contributed by atoms with van der Waals surface area (Å²) in [6.45, 7) is 0. The van der Waals surface area contributed by atoms with Crippen LogP contribution in [0.25, 0.3) is 4.96 Å². The number of nitrogens with zero attached hydrogens (tertiary/aromatic N) is 5. The largest absolute Gasteiger partial charge is 0.303 e. The summed E-state index contributed by atoms with van der Waals surface area (Å²) in [5, 5.41) is 9.92. The van der Waals surface area contributed by atoms with Crippen LogP contribution in [0.2, 0.25) is 0 Å². The van der Waals surface area contributed by atoms with Gasteiger partial charge in [-0.1, -0.05) is 11.8 Å². The SMILES string of the molecule is O=c1cc(CSc2nnc(C3CC3)n2C2CC2)nc2sc3c(n12)CCCC3. The minimum atomic E-state index is 0.0670. The van der Waals surface area contributed by atoms with Crippen molar-refractivity contribution in [1.29, 1.82) is 0 Å². The number of thioether (sulfide) groups is 1. The van der Waals surface area contributed by atoms with Crippen LogP contribution in [-0.4, -0.2) is 24.1 Å². The summed E-state index contributed by atoms with van der Waals surface area (Å²) in [6.07, 6.45) is 9.43. The lowest BCUT2D eigenvalue weighted by Gasteiger charge is -2.10. The third-order valence-corrected chi connectivity index (χ3v) is 7.83. The Morgan fingerprint density at radius 3 is 2.81 bits per heavy atom. The summed E-state index contributed by atoms with van der Waals surface area (Å²) in [4.78, 5) is 19.7. The minimum absolute atomic E-state index is 0.0670. The second-order valence-electron chi connectivity index (χ2n) is 7.89. The van der Waals surface area contributed by atoms with Crippen LogP contribution < -0.4 is 5.56 Å². The van der Waals surface area contributed by atoms with E-state index in [1.165, 1.54) is 54.9 Å². The molecule has 2 saturated carbocycles. The van der Waals surface area contributed by atoms with E-state index in [2.05, 4.69) is 14.8 Å². The molecule has 0 atom stereocenters. The Labute approximate surface area is 165 Å². The topological polar surface area (TPSA) is 65.1 Å². The van der Waals surface area contributed by atoms with Gasteiger partial charge in [0.25, 0.3) is 5.56 Å². The lowest BCUT2D eigenvalue weighted by Crippen LogP contribution is -2.17. The first-order valence-electron chi connectivity index (χ1n) is 9.89. The van der Waals surface area contributed by atoms with E-state index < -0.39 is 0 Å². The Kier molecular flexibility index (Phi) is 3.72. The molecule has 0 aromatic carbocycles. The molecule has 3 aromatic rings. The second kappa shape index (κ2) is 6.17. The van der Waals surface area contributed by atoms with E-state index in [0.29, 0.717) is 17.7 Å². The van der Waals surface area contributed by atoms with Crippen LogP contribution in [0.3, 0.4) is 0 Å². The molecule has 0 aliphatic heterocycles. The molecule has 0 spiro atoms. The number of aromatic nitrogens is 5. The zero-order chi connectivity index (χ0) is 18.0. The van der Waals surface area contributed by atoms with Crippen LogP contribution in [0.15, 0.2) is 16.0 Å². The van der Waals surface area contributed by atoms with Gasteiger partial charge in [0.2, 0.25) is 0 Å². The highest BCUT2D eigenvalue weighted by Crippen LogP contribution is 2.46. The van der Waals surface area contributed by atoms with Crippen molar-refractivity contribution >= 4 is 28.1 Å². The Hall–Kier alpha value is -1.67. The molecule has 0 amide bonds. The van der Waals surface area contributed by atoms with Crippen LogP contribution in [0.1, 0.15) is 72.6 Å². The van der Waals surface area contributed by atoms with Crippen LogP contribution in [0, 0.1) is 0 Å². The van der Waals surface area contributed by atoms with Gasteiger partial charge in [-0.05, 0) is 51.4 Å². The summed E-state index contributed by atoms with van der Waals surface area (Å²) in [7, 11) is 0. The highest BCUT2D eigenvalue weighted by Gasteiger charge is 2.36. The van der Waals surface area contributed by atoms with Gasteiger partial charge in [0.1, 0.15) is 5.82 Å². The monoisotopic (exact) mass is 399 g/mol. The average molecular weight is 400 g/mol. The van der Waals surface area contributed by atoms with E-state index in [-0.39, 0.29) is 5.56 Å². The molecule has 3 aliphatic carbocycles. The fraction of sp³-hybridized carbons (Fsp3) is 0.579. The van der Waals surface area contributed by atoms with Gasteiger partial charge in [-0.2, -0.15) is 0 Å². The summed E-state index contributed by atoms with van der Waals surface area (Å²) in [5.74, 6) is 2.46. The smallest absolute Gasteiger partial charge is 0.259 e. The number of hydrogen-bond acceptors (Lipinski definition) is 6. The van der Waals surface area contributed by atoms with Crippen molar-refractivity contribution in [3.05, 3.63) is 38.5 Å². The molecule has 0 saturated heterocycles. The van der Waals surface area contributed by atoms with E-state index in [1.807, 2.05) is 4.40 Å². The first-order chi connectivity index (χ1) is 13.3. The number of thiazole rings is 1. The predicted octanol–water partition coefficient (Wildman–Crippen LogP) is 3.73. The number of hydrogen-bond donors (Lipinski definition) is 0. The van der Waals surface area contributed by atoms with Gasteiger partial charge >= 0.3 is 0 Å². The number of fused-ring (bicyclic) bond motifs is 3. The molecular weight excluding hydrogens is 378 g/mol. The maximum absolute atomic E-state index is 12.7. The van der Waals surface area contributed by atoms with Gasteiger partial charge < -0.3 is 4.57 Å². The molecule has 0 bridgehead atoms. The summed E-state index contributed by atoms with van der Waals surface area (Å²) < 4.78 is 4.20. The van der Waals surface area contributed by atoms with Crippen LogP contribution >= 0.6 is 23.1 Å². The summed E-state index contributed by atoms with van der Waals surface area (Å²) in [5.41, 5.74) is 2.11. The molecule has 0 radical (unpaired) electrons. The number of rotatable bonds is 5. The minimum Gasteiger partial charge on any atom is -0.303 e. The van der Waals surface area contributed by atoms with Gasteiger partial charge in [0.05, 0.1) is 5.69 Å². The van der Waals surface area contributed by atoms with Gasteiger partial charge in [-0.3, -0.25) is 9.20 Å². The molecule has 140 valence electrons. The van der Waals surface area contributed by atoms with Gasteiger partial charge in [-0.25, -0.2) is 4.98 Å². The Balaban J connectivity index is 1.30. The summed E-state index contributed by atoms with van der Waals surface area (Å²) in [6, 6.07) is 2.30. The molecule has 27 heavy (non-hydrogen) atoms. The molecule has 6 nitrogen and oxygen atoms in total. The molecule has 3 aromatic heterocycles. The molecule has 2 fully saturated rings. The first kappa shape index (κ1) is 16.3. The maximum atomic E-state index is 12.7. The standard InChI is InChI=1S/C19H21N5OS2/c25-16-9-12(20-18-24(16)14-3-1-2-4-15(14)27-18)10-26-19-22-21-17(11-5-6-11)23(19)13-7-8-13/h9,11,13H,1-8,10H2. The molecule has 6 rings (SSSR count).